The van der Waals surface area contributed by atoms with Gasteiger partial charge in [0.05, 0.1) is 6.54 Å². The van der Waals surface area contributed by atoms with Gasteiger partial charge in [-0.1, -0.05) is 13.8 Å². The zero-order valence-corrected chi connectivity index (χ0v) is 10.5. The predicted molar refractivity (Wildman–Crippen MR) is 66.2 cm³/mol. The summed E-state index contributed by atoms with van der Waals surface area (Å²) in [7, 11) is 0. The average Bonchev–Trinajstić information content (AvgIpc) is 2.95. The molecule has 0 unspecified atom stereocenters. The van der Waals surface area contributed by atoms with Crippen molar-refractivity contribution >= 4 is 0 Å². The molecule has 0 aromatic carbocycles. The molecule has 3 nitrogen and oxygen atoms in total. The van der Waals surface area contributed by atoms with E-state index >= 15 is 0 Å². The van der Waals surface area contributed by atoms with Crippen LogP contribution < -0.4 is 5.32 Å². The van der Waals surface area contributed by atoms with Crippen LogP contribution >= 0.6 is 0 Å². The van der Waals surface area contributed by atoms with E-state index in [9.17, 15) is 0 Å². The SMILES string of the molecule is CCCn1ccnc1CNCC1(CC)CC1. The van der Waals surface area contributed by atoms with Crippen LogP contribution in [-0.4, -0.2) is 16.1 Å². The summed E-state index contributed by atoms with van der Waals surface area (Å²) in [5.41, 5.74) is 0.627. The van der Waals surface area contributed by atoms with Crippen molar-refractivity contribution in [3.63, 3.8) is 0 Å². The summed E-state index contributed by atoms with van der Waals surface area (Å²) in [5, 5.41) is 3.56. The molecule has 1 aromatic heterocycles. The first-order valence-corrected chi connectivity index (χ1v) is 6.50. The summed E-state index contributed by atoms with van der Waals surface area (Å²) >= 11 is 0. The van der Waals surface area contributed by atoms with Gasteiger partial charge in [0, 0.05) is 25.5 Å². The molecule has 1 aliphatic rings. The normalized spacial score (nSPS) is 17.6. The Morgan fingerprint density at radius 3 is 2.88 bits per heavy atom. The highest BCUT2D eigenvalue weighted by Crippen LogP contribution is 2.47. The third-order valence-electron chi connectivity index (χ3n) is 3.76. The Bertz CT molecular complexity index is 326. The van der Waals surface area contributed by atoms with E-state index in [1.54, 1.807) is 0 Å². The highest BCUT2D eigenvalue weighted by Gasteiger charge is 2.39. The summed E-state index contributed by atoms with van der Waals surface area (Å²) in [5.74, 6) is 1.17. The Morgan fingerprint density at radius 2 is 2.25 bits per heavy atom. The number of imidazole rings is 1. The molecular weight excluding hydrogens is 198 g/mol. The lowest BCUT2D eigenvalue weighted by molar-refractivity contribution is 0.435. The summed E-state index contributed by atoms with van der Waals surface area (Å²) in [6.07, 6.45) is 9.26. The number of hydrogen-bond acceptors (Lipinski definition) is 2. The number of hydrogen-bond donors (Lipinski definition) is 1. The van der Waals surface area contributed by atoms with Crippen LogP contribution in [0.1, 0.15) is 45.4 Å². The van der Waals surface area contributed by atoms with E-state index in [0.717, 1.165) is 19.6 Å². The van der Waals surface area contributed by atoms with Gasteiger partial charge in [-0.05, 0) is 31.1 Å². The van der Waals surface area contributed by atoms with Gasteiger partial charge in [-0.25, -0.2) is 4.98 Å². The van der Waals surface area contributed by atoms with Crippen LogP contribution in [0, 0.1) is 5.41 Å². The molecule has 1 saturated carbocycles. The molecule has 0 bridgehead atoms. The molecule has 1 aromatic rings. The van der Waals surface area contributed by atoms with Crippen molar-refractivity contribution in [3.8, 4) is 0 Å². The van der Waals surface area contributed by atoms with Crippen molar-refractivity contribution in [3.05, 3.63) is 18.2 Å². The highest BCUT2D eigenvalue weighted by molar-refractivity contribution is 4.96. The van der Waals surface area contributed by atoms with Crippen LogP contribution in [0.15, 0.2) is 12.4 Å². The fourth-order valence-corrected chi connectivity index (χ4v) is 2.22. The first-order valence-electron chi connectivity index (χ1n) is 6.50. The van der Waals surface area contributed by atoms with Crippen molar-refractivity contribution < 1.29 is 0 Å². The van der Waals surface area contributed by atoms with Gasteiger partial charge in [0.15, 0.2) is 0 Å². The zero-order chi connectivity index (χ0) is 11.4. The number of rotatable bonds is 7. The molecule has 0 saturated heterocycles. The summed E-state index contributed by atoms with van der Waals surface area (Å²) in [6.45, 7) is 7.65. The van der Waals surface area contributed by atoms with Gasteiger partial charge in [0.25, 0.3) is 0 Å². The van der Waals surface area contributed by atoms with Gasteiger partial charge in [-0.15, -0.1) is 0 Å². The number of aromatic nitrogens is 2. The first-order chi connectivity index (χ1) is 7.79. The minimum absolute atomic E-state index is 0.627. The lowest BCUT2D eigenvalue weighted by atomic mass is 10.0. The zero-order valence-electron chi connectivity index (χ0n) is 10.5. The second-order valence-corrected chi connectivity index (χ2v) is 4.99. The molecule has 1 N–H and O–H groups in total. The second-order valence-electron chi connectivity index (χ2n) is 4.99. The molecule has 3 heteroatoms. The predicted octanol–water partition coefficient (Wildman–Crippen LogP) is 2.57. The average molecular weight is 221 g/mol. The molecule has 0 aliphatic heterocycles. The van der Waals surface area contributed by atoms with Crippen LogP contribution in [0.3, 0.4) is 0 Å². The Hall–Kier alpha value is -0.830. The van der Waals surface area contributed by atoms with E-state index in [0.29, 0.717) is 5.41 Å². The van der Waals surface area contributed by atoms with Crippen molar-refractivity contribution in [2.24, 2.45) is 5.41 Å². The van der Waals surface area contributed by atoms with Gasteiger partial charge in [0.1, 0.15) is 5.82 Å². The molecule has 0 atom stereocenters. The summed E-state index contributed by atoms with van der Waals surface area (Å²) < 4.78 is 2.25. The Balaban J connectivity index is 1.78. The molecule has 1 aliphatic carbocycles. The maximum Gasteiger partial charge on any atom is 0.122 e. The van der Waals surface area contributed by atoms with Crippen molar-refractivity contribution in [1.82, 2.24) is 14.9 Å². The van der Waals surface area contributed by atoms with Crippen LogP contribution in [0.4, 0.5) is 0 Å². The summed E-state index contributed by atoms with van der Waals surface area (Å²) in [6, 6.07) is 0. The lowest BCUT2D eigenvalue weighted by Gasteiger charge is -2.13. The summed E-state index contributed by atoms with van der Waals surface area (Å²) in [4.78, 5) is 4.40. The van der Waals surface area contributed by atoms with Crippen molar-refractivity contribution in [2.75, 3.05) is 6.54 Å². The van der Waals surface area contributed by atoms with Crippen LogP contribution in [-0.2, 0) is 13.1 Å². The maximum absolute atomic E-state index is 4.40. The van der Waals surface area contributed by atoms with E-state index < -0.39 is 0 Å². The Morgan fingerprint density at radius 1 is 1.44 bits per heavy atom. The molecular formula is C13H23N3. The fraction of sp³-hybridized carbons (Fsp3) is 0.769. The van der Waals surface area contributed by atoms with E-state index in [1.165, 1.54) is 31.5 Å². The number of nitrogens with zero attached hydrogens (tertiary/aromatic N) is 2. The monoisotopic (exact) mass is 221 g/mol. The van der Waals surface area contributed by atoms with E-state index in [-0.39, 0.29) is 0 Å². The van der Waals surface area contributed by atoms with Gasteiger partial charge in [0.2, 0.25) is 0 Å². The van der Waals surface area contributed by atoms with Crippen molar-refractivity contribution in [2.45, 2.75) is 52.6 Å². The van der Waals surface area contributed by atoms with E-state index in [4.69, 9.17) is 0 Å². The Kier molecular flexibility index (Phi) is 3.64. The van der Waals surface area contributed by atoms with Crippen LogP contribution in [0.2, 0.25) is 0 Å². The van der Waals surface area contributed by atoms with Gasteiger partial charge in [-0.2, -0.15) is 0 Å². The highest BCUT2D eigenvalue weighted by atomic mass is 15.1. The third-order valence-corrected chi connectivity index (χ3v) is 3.76. The second kappa shape index (κ2) is 5.00. The smallest absolute Gasteiger partial charge is 0.122 e. The van der Waals surface area contributed by atoms with Gasteiger partial charge < -0.3 is 9.88 Å². The molecule has 1 heterocycles. The lowest BCUT2D eigenvalue weighted by Crippen LogP contribution is -2.24. The van der Waals surface area contributed by atoms with Gasteiger partial charge >= 0.3 is 0 Å². The van der Waals surface area contributed by atoms with Crippen LogP contribution in [0.25, 0.3) is 0 Å². The standard InChI is InChI=1S/C13H23N3/c1-3-8-16-9-7-15-12(16)10-14-11-13(4-2)5-6-13/h7,9,14H,3-6,8,10-11H2,1-2H3. The number of nitrogens with one attached hydrogen (secondary N) is 1. The fourth-order valence-electron chi connectivity index (χ4n) is 2.22. The number of aryl methyl sites for hydroxylation is 1. The molecule has 90 valence electrons. The molecule has 1 fully saturated rings. The van der Waals surface area contributed by atoms with E-state index in [1.807, 2.05) is 6.20 Å². The molecule has 2 rings (SSSR count). The molecule has 0 amide bonds. The van der Waals surface area contributed by atoms with E-state index in [2.05, 4.69) is 34.9 Å². The van der Waals surface area contributed by atoms with Gasteiger partial charge in [-0.3, -0.25) is 0 Å². The maximum atomic E-state index is 4.40. The minimum atomic E-state index is 0.627. The minimum Gasteiger partial charge on any atom is -0.334 e. The molecule has 0 spiro atoms. The topological polar surface area (TPSA) is 29.9 Å². The third kappa shape index (κ3) is 2.64. The quantitative estimate of drug-likeness (QED) is 0.767. The van der Waals surface area contributed by atoms with Crippen LogP contribution in [0.5, 0.6) is 0 Å². The largest absolute Gasteiger partial charge is 0.334 e. The molecule has 0 radical (unpaired) electrons. The van der Waals surface area contributed by atoms with Crippen molar-refractivity contribution in [1.29, 1.82) is 0 Å². The first kappa shape index (κ1) is 11.6. The molecule has 16 heavy (non-hydrogen) atoms. The Labute approximate surface area is 98.3 Å².